The van der Waals surface area contributed by atoms with E-state index in [1.165, 1.54) is 0 Å². The molecule has 2 unspecified atom stereocenters. The SMILES string of the molecule is CC1CN(c2ccc3c(c2)CN(C2CCC(=O)NC2=O)C3=O)CCN1C. The molecule has 0 aliphatic carbocycles. The van der Waals surface area contributed by atoms with Crippen LogP contribution >= 0.6 is 0 Å². The van der Waals surface area contributed by atoms with Crippen molar-refractivity contribution in [2.75, 3.05) is 31.6 Å². The Labute approximate surface area is 152 Å². The summed E-state index contributed by atoms with van der Waals surface area (Å²) < 4.78 is 0. The number of piperazine rings is 1. The second-order valence-electron chi connectivity index (χ2n) is 7.52. The molecule has 0 saturated carbocycles. The molecule has 3 amide bonds. The second-order valence-corrected chi connectivity index (χ2v) is 7.52. The molecule has 2 atom stereocenters. The number of fused-ring (bicyclic) bond motifs is 1. The van der Waals surface area contributed by atoms with Crippen LogP contribution in [-0.2, 0) is 16.1 Å². The predicted molar refractivity (Wildman–Crippen MR) is 96.8 cm³/mol. The molecule has 0 spiro atoms. The minimum absolute atomic E-state index is 0.118. The molecule has 1 aromatic carbocycles. The quantitative estimate of drug-likeness (QED) is 0.785. The highest BCUT2D eigenvalue weighted by Crippen LogP contribution is 2.31. The molecule has 2 saturated heterocycles. The van der Waals surface area contributed by atoms with Crippen molar-refractivity contribution in [3.63, 3.8) is 0 Å². The number of piperidine rings is 1. The molecule has 4 rings (SSSR count). The Morgan fingerprint density at radius 3 is 2.69 bits per heavy atom. The average Bonchev–Trinajstić information content (AvgIpc) is 2.93. The van der Waals surface area contributed by atoms with Crippen molar-refractivity contribution in [3.05, 3.63) is 29.3 Å². The zero-order valence-electron chi connectivity index (χ0n) is 15.2. The van der Waals surface area contributed by atoms with Gasteiger partial charge in [0.25, 0.3) is 5.91 Å². The van der Waals surface area contributed by atoms with Crippen LogP contribution in [0.1, 0.15) is 35.7 Å². The number of amides is 3. The molecule has 26 heavy (non-hydrogen) atoms. The van der Waals surface area contributed by atoms with E-state index in [9.17, 15) is 14.4 Å². The lowest BCUT2D eigenvalue weighted by Gasteiger charge is -2.39. The first-order valence-electron chi connectivity index (χ1n) is 9.17. The molecule has 3 aliphatic heterocycles. The molecule has 1 N–H and O–H groups in total. The Bertz CT molecular complexity index is 778. The van der Waals surface area contributed by atoms with E-state index in [4.69, 9.17) is 0 Å². The van der Waals surface area contributed by atoms with E-state index in [1.807, 2.05) is 12.1 Å². The van der Waals surface area contributed by atoms with Crippen LogP contribution in [0.2, 0.25) is 0 Å². The summed E-state index contributed by atoms with van der Waals surface area (Å²) in [5, 5.41) is 2.34. The maximum absolute atomic E-state index is 12.7. The lowest BCUT2D eigenvalue weighted by molar-refractivity contribution is -0.136. The van der Waals surface area contributed by atoms with Crippen LogP contribution in [0.15, 0.2) is 18.2 Å². The minimum atomic E-state index is -0.556. The fourth-order valence-electron chi connectivity index (χ4n) is 4.04. The average molecular weight is 356 g/mol. The fraction of sp³-hybridized carbons (Fsp3) is 0.526. The fourth-order valence-corrected chi connectivity index (χ4v) is 4.04. The van der Waals surface area contributed by atoms with Gasteiger partial charge in [-0.2, -0.15) is 0 Å². The van der Waals surface area contributed by atoms with Gasteiger partial charge >= 0.3 is 0 Å². The van der Waals surface area contributed by atoms with Crippen molar-refractivity contribution in [1.82, 2.24) is 15.1 Å². The number of anilines is 1. The Hall–Kier alpha value is -2.41. The number of carbonyl (C=O) groups excluding carboxylic acids is 3. The second kappa shape index (κ2) is 6.39. The van der Waals surface area contributed by atoms with Crippen LogP contribution in [-0.4, -0.2) is 66.3 Å². The molecule has 3 heterocycles. The Balaban J connectivity index is 1.53. The Morgan fingerprint density at radius 1 is 1.15 bits per heavy atom. The molecule has 0 bridgehead atoms. The number of benzene rings is 1. The van der Waals surface area contributed by atoms with Gasteiger partial charge in [-0.3, -0.25) is 19.7 Å². The molecule has 2 fully saturated rings. The highest BCUT2D eigenvalue weighted by Gasteiger charge is 2.39. The molecule has 7 nitrogen and oxygen atoms in total. The highest BCUT2D eigenvalue weighted by molar-refractivity contribution is 6.05. The van der Waals surface area contributed by atoms with Crippen LogP contribution in [0.4, 0.5) is 5.69 Å². The summed E-state index contributed by atoms with van der Waals surface area (Å²) >= 11 is 0. The van der Waals surface area contributed by atoms with Gasteiger partial charge in [-0.05, 0) is 44.2 Å². The molecular formula is C19H24N4O3. The minimum Gasteiger partial charge on any atom is -0.369 e. The van der Waals surface area contributed by atoms with Crippen LogP contribution in [0.5, 0.6) is 0 Å². The number of nitrogens with one attached hydrogen (secondary N) is 1. The number of nitrogens with zero attached hydrogens (tertiary/aromatic N) is 3. The van der Waals surface area contributed by atoms with Gasteiger partial charge in [0.1, 0.15) is 6.04 Å². The van der Waals surface area contributed by atoms with E-state index >= 15 is 0 Å². The van der Waals surface area contributed by atoms with Gasteiger partial charge in [-0.1, -0.05) is 0 Å². The third-order valence-corrected chi connectivity index (χ3v) is 5.83. The van der Waals surface area contributed by atoms with Gasteiger partial charge in [-0.15, -0.1) is 0 Å². The van der Waals surface area contributed by atoms with Crippen molar-refractivity contribution in [3.8, 4) is 0 Å². The maximum atomic E-state index is 12.7. The van der Waals surface area contributed by atoms with E-state index in [0.29, 0.717) is 24.6 Å². The third kappa shape index (κ3) is 2.86. The summed E-state index contributed by atoms with van der Waals surface area (Å²) in [7, 11) is 2.14. The lowest BCUT2D eigenvalue weighted by Crippen LogP contribution is -2.52. The van der Waals surface area contributed by atoms with Crippen molar-refractivity contribution in [1.29, 1.82) is 0 Å². The zero-order valence-corrected chi connectivity index (χ0v) is 15.2. The van der Waals surface area contributed by atoms with Gasteiger partial charge in [0.2, 0.25) is 11.8 Å². The number of likely N-dealkylation sites (N-methyl/N-ethyl adjacent to an activating group) is 1. The van der Waals surface area contributed by atoms with E-state index in [2.05, 4.69) is 35.2 Å². The summed E-state index contributed by atoms with van der Waals surface area (Å²) in [6.45, 7) is 5.58. The summed E-state index contributed by atoms with van der Waals surface area (Å²) in [5.41, 5.74) is 2.76. The van der Waals surface area contributed by atoms with Crippen molar-refractivity contribution < 1.29 is 14.4 Å². The van der Waals surface area contributed by atoms with E-state index in [0.717, 1.165) is 30.9 Å². The van der Waals surface area contributed by atoms with Crippen LogP contribution in [0, 0.1) is 0 Å². The van der Waals surface area contributed by atoms with Crippen molar-refractivity contribution >= 4 is 23.4 Å². The first-order valence-corrected chi connectivity index (χ1v) is 9.17. The predicted octanol–water partition coefficient (Wildman–Crippen LogP) is 0.588. The number of rotatable bonds is 2. The largest absolute Gasteiger partial charge is 0.369 e. The van der Waals surface area contributed by atoms with Gasteiger partial charge in [0, 0.05) is 49.9 Å². The van der Waals surface area contributed by atoms with E-state index < -0.39 is 6.04 Å². The molecule has 1 aromatic rings. The van der Waals surface area contributed by atoms with Crippen LogP contribution in [0.25, 0.3) is 0 Å². The van der Waals surface area contributed by atoms with E-state index in [-0.39, 0.29) is 24.1 Å². The summed E-state index contributed by atoms with van der Waals surface area (Å²) in [5.74, 6) is -0.745. The van der Waals surface area contributed by atoms with Crippen LogP contribution in [0.3, 0.4) is 0 Å². The topological polar surface area (TPSA) is 73.0 Å². The number of hydrogen-bond acceptors (Lipinski definition) is 5. The first kappa shape index (κ1) is 17.0. The molecule has 0 aromatic heterocycles. The highest BCUT2D eigenvalue weighted by atomic mass is 16.2. The Morgan fingerprint density at radius 2 is 1.96 bits per heavy atom. The number of imide groups is 1. The molecule has 0 radical (unpaired) electrons. The number of hydrogen-bond donors (Lipinski definition) is 1. The summed E-state index contributed by atoms with van der Waals surface area (Å²) in [6, 6.07) is 5.89. The molecule has 7 heteroatoms. The van der Waals surface area contributed by atoms with Crippen molar-refractivity contribution in [2.24, 2.45) is 0 Å². The third-order valence-electron chi connectivity index (χ3n) is 5.83. The Kier molecular flexibility index (Phi) is 4.19. The summed E-state index contributed by atoms with van der Waals surface area (Å²) in [6.07, 6.45) is 0.675. The van der Waals surface area contributed by atoms with Gasteiger partial charge in [-0.25, -0.2) is 0 Å². The van der Waals surface area contributed by atoms with Gasteiger partial charge < -0.3 is 14.7 Å². The zero-order chi connectivity index (χ0) is 18.4. The molecular weight excluding hydrogens is 332 g/mol. The normalized spacial score (nSPS) is 26.9. The lowest BCUT2D eigenvalue weighted by atomic mass is 10.0. The van der Waals surface area contributed by atoms with Gasteiger partial charge in [0.15, 0.2) is 0 Å². The smallest absolute Gasteiger partial charge is 0.255 e. The van der Waals surface area contributed by atoms with Crippen molar-refractivity contribution in [2.45, 2.75) is 38.4 Å². The maximum Gasteiger partial charge on any atom is 0.255 e. The molecule has 138 valence electrons. The van der Waals surface area contributed by atoms with Gasteiger partial charge in [0.05, 0.1) is 0 Å². The monoisotopic (exact) mass is 356 g/mol. The first-order chi connectivity index (χ1) is 12.4. The van der Waals surface area contributed by atoms with E-state index in [1.54, 1.807) is 4.90 Å². The van der Waals surface area contributed by atoms with Crippen LogP contribution < -0.4 is 10.2 Å². The summed E-state index contributed by atoms with van der Waals surface area (Å²) in [4.78, 5) is 42.5. The molecule has 3 aliphatic rings. The standard InChI is InChI=1S/C19H24N4O3/c1-12-10-22(8-7-21(12)2)14-3-4-15-13(9-14)11-23(19(15)26)16-5-6-17(24)20-18(16)25/h3-4,9,12,16H,5-8,10-11H2,1-2H3,(H,20,24,25). The number of carbonyl (C=O) groups is 3.